The van der Waals surface area contributed by atoms with E-state index in [1.807, 2.05) is 34.6 Å². The van der Waals surface area contributed by atoms with Crippen LogP contribution in [-0.4, -0.2) is 46.0 Å². The summed E-state index contributed by atoms with van der Waals surface area (Å²) < 4.78 is 0. The Morgan fingerprint density at radius 1 is 1.38 bits per heavy atom. The summed E-state index contributed by atoms with van der Waals surface area (Å²) in [6.07, 6.45) is 0. The van der Waals surface area contributed by atoms with Gasteiger partial charge in [-0.3, -0.25) is 14.7 Å². The van der Waals surface area contributed by atoms with E-state index in [4.69, 9.17) is 5.73 Å². The number of hydrogen-bond donors (Lipinski definition) is 3. The number of hydrogen-bond acceptors (Lipinski definition) is 4. The molecule has 21 heavy (non-hydrogen) atoms. The Kier molecular flexibility index (Phi) is 4.98. The second-order valence-electron chi connectivity index (χ2n) is 6.51. The van der Waals surface area contributed by atoms with Crippen LogP contribution in [0, 0.1) is 0 Å². The third kappa shape index (κ3) is 4.47. The molecule has 4 N–H and O–H groups in total. The van der Waals surface area contributed by atoms with Crippen molar-refractivity contribution in [3.8, 4) is 0 Å². The number of aromatic nitrogens is 2. The molecule has 0 spiro atoms. The number of rotatable bonds is 4. The smallest absolute Gasteiger partial charge is 0.276 e. The second kappa shape index (κ2) is 6.15. The standard InChI is InChI=1S/C14H25N5O2/c1-8(2)11-10(15)12(18-17-11)13(21)19(6)7-9(20)16-14(3,4)5/h8H,7,15H2,1-6H3,(H,16,20)(H,17,18). The molecule has 0 unspecified atom stereocenters. The summed E-state index contributed by atoms with van der Waals surface area (Å²) >= 11 is 0. The van der Waals surface area contributed by atoms with Crippen LogP contribution >= 0.6 is 0 Å². The minimum atomic E-state index is -0.375. The van der Waals surface area contributed by atoms with Gasteiger partial charge in [0.25, 0.3) is 5.91 Å². The van der Waals surface area contributed by atoms with Gasteiger partial charge in [0, 0.05) is 12.6 Å². The molecule has 7 nitrogen and oxygen atoms in total. The Hall–Kier alpha value is -2.05. The summed E-state index contributed by atoms with van der Waals surface area (Å²) in [5, 5.41) is 9.55. The highest BCUT2D eigenvalue weighted by Crippen LogP contribution is 2.22. The van der Waals surface area contributed by atoms with Gasteiger partial charge in [0.1, 0.15) is 0 Å². The maximum Gasteiger partial charge on any atom is 0.276 e. The van der Waals surface area contributed by atoms with Gasteiger partial charge in [-0.25, -0.2) is 0 Å². The SMILES string of the molecule is CC(C)c1[nH]nc(C(=O)N(C)CC(=O)NC(C)(C)C)c1N. The Morgan fingerprint density at radius 2 is 1.95 bits per heavy atom. The average Bonchev–Trinajstić information content (AvgIpc) is 2.67. The van der Waals surface area contributed by atoms with Gasteiger partial charge in [-0.2, -0.15) is 5.10 Å². The molecule has 0 aliphatic heterocycles. The molecule has 0 fully saturated rings. The predicted molar refractivity (Wildman–Crippen MR) is 81.9 cm³/mol. The minimum absolute atomic E-state index is 0.0422. The van der Waals surface area contributed by atoms with Crippen molar-refractivity contribution < 1.29 is 9.59 Å². The van der Waals surface area contributed by atoms with Gasteiger partial charge in [-0.1, -0.05) is 13.8 Å². The number of aromatic amines is 1. The molecule has 1 rings (SSSR count). The largest absolute Gasteiger partial charge is 0.395 e. The number of carbonyl (C=O) groups excluding carboxylic acids is 2. The van der Waals surface area contributed by atoms with Gasteiger partial charge in [-0.05, 0) is 26.7 Å². The Balaban J connectivity index is 2.77. The zero-order valence-electron chi connectivity index (χ0n) is 13.6. The number of carbonyl (C=O) groups is 2. The van der Waals surface area contributed by atoms with E-state index >= 15 is 0 Å². The second-order valence-corrected chi connectivity index (χ2v) is 6.51. The van der Waals surface area contributed by atoms with E-state index in [-0.39, 0.29) is 35.5 Å². The molecular formula is C14H25N5O2. The summed E-state index contributed by atoms with van der Waals surface area (Å²) in [7, 11) is 1.55. The first-order chi connectivity index (χ1) is 9.53. The lowest BCUT2D eigenvalue weighted by Crippen LogP contribution is -2.46. The van der Waals surface area contributed by atoms with E-state index in [1.54, 1.807) is 7.05 Å². The molecular weight excluding hydrogens is 270 g/mol. The topological polar surface area (TPSA) is 104 Å². The van der Waals surface area contributed by atoms with Gasteiger partial charge in [0.15, 0.2) is 5.69 Å². The molecule has 1 aromatic rings. The lowest BCUT2D eigenvalue weighted by atomic mass is 10.1. The van der Waals surface area contributed by atoms with Crippen LogP contribution in [-0.2, 0) is 4.79 Å². The van der Waals surface area contributed by atoms with Crippen molar-refractivity contribution in [2.75, 3.05) is 19.3 Å². The summed E-state index contributed by atoms with van der Waals surface area (Å²) in [4.78, 5) is 25.4. The molecule has 7 heteroatoms. The van der Waals surface area contributed by atoms with Crippen LogP contribution in [0.15, 0.2) is 0 Å². The molecule has 0 saturated carbocycles. The minimum Gasteiger partial charge on any atom is -0.395 e. The van der Waals surface area contributed by atoms with Crippen molar-refractivity contribution in [3.63, 3.8) is 0 Å². The lowest BCUT2D eigenvalue weighted by molar-refractivity contribution is -0.122. The van der Waals surface area contributed by atoms with Crippen molar-refractivity contribution in [1.82, 2.24) is 20.4 Å². The van der Waals surface area contributed by atoms with Crippen LogP contribution in [0.25, 0.3) is 0 Å². The Bertz CT molecular complexity index is 528. The fraction of sp³-hybridized carbons (Fsp3) is 0.643. The molecule has 0 bridgehead atoms. The van der Waals surface area contributed by atoms with E-state index in [0.29, 0.717) is 5.69 Å². The van der Waals surface area contributed by atoms with E-state index < -0.39 is 0 Å². The molecule has 0 atom stereocenters. The van der Waals surface area contributed by atoms with Crippen molar-refractivity contribution in [2.45, 2.75) is 46.1 Å². The highest BCUT2D eigenvalue weighted by Gasteiger charge is 2.24. The molecule has 118 valence electrons. The molecule has 0 radical (unpaired) electrons. The average molecular weight is 295 g/mol. The highest BCUT2D eigenvalue weighted by atomic mass is 16.2. The monoisotopic (exact) mass is 295 g/mol. The van der Waals surface area contributed by atoms with Crippen molar-refractivity contribution in [3.05, 3.63) is 11.4 Å². The molecule has 2 amide bonds. The number of anilines is 1. The van der Waals surface area contributed by atoms with E-state index in [0.717, 1.165) is 5.69 Å². The van der Waals surface area contributed by atoms with Crippen LogP contribution < -0.4 is 11.1 Å². The summed E-state index contributed by atoms with van der Waals surface area (Å²) in [6, 6.07) is 0. The van der Waals surface area contributed by atoms with Gasteiger partial charge < -0.3 is 16.0 Å². The third-order valence-electron chi connectivity index (χ3n) is 2.86. The van der Waals surface area contributed by atoms with Crippen LogP contribution in [0.2, 0.25) is 0 Å². The lowest BCUT2D eigenvalue weighted by Gasteiger charge is -2.23. The van der Waals surface area contributed by atoms with Gasteiger partial charge >= 0.3 is 0 Å². The Labute approximate surface area is 125 Å². The van der Waals surface area contributed by atoms with E-state index in [1.165, 1.54) is 4.90 Å². The maximum absolute atomic E-state index is 12.3. The number of H-pyrrole nitrogens is 1. The van der Waals surface area contributed by atoms with Crippen molar-refractivity contribution in [1.29, 1.82) is 0 Å². The zero-order chi connectivity index (χ0) is 16.4. The molecule has 0 saturated heterocycles. The first-order valence-corrected chi connectivity index (χ1v) is 6.93. The molecule has 0 aliphatic rings. The summed E-state index contributed by atoms with van der Waals surface area (Å²) in [5.41, 5.74) is 6.83. The predicted octanol–water partition coefficient (Wildman–Crippen LogP) is 1.10. The van der Waals surface area contributed by atoms with Crippen LogP contribution in [0.5, 0.6) is 0 Å². The summed E-state index contributed by atoms with van der Waals surface area (Å²) in [6.45, 7) is 9.52. The quantitative estimate of drug-likeness (QED) is 0.773. The van der Waals surface area contributed by atoms with Crippen LogP contribution in [0.4, 0.5) is 5.69 Å². The van der Waals surface area contributed by atoms with Crippen molar-refractivity contribution in [2.24, 2.45) is 0 Å². The van der Waals surface area contributed by atoms with Gasteiger partial charge in [-0.15, -0.1) is 0 Å². The van der Waals surface area contributed by atoms with Crippen LogP contribution in [0.1, 0.15) is 56.7 Å². The zero-order valence-corrected chi connectivity index (χ0v) is 13.6. The number of nitrogens with one attached hydrogen (secondary N) is 2. The number of amides is 2. The van der Waals surface area contributed by atoms with Gasteiger partial charge in [0.2, 0.25) is 5.91 Å². The number of nitrogen functional groups attached to an aromatic ring is 1. The highest BCUT2D eigenvalue weighted by molar-refractivity contribution is 5.99. The van der Waals surface area contributed by atoms with E-state index in [9.17, 15) is 9.59 Å². The van der Waals surface area contributed by atoms with E-state index in [2.05, 4.69) is 15.5 Å². The normalized spacial score (nSPS) is 11.6. The number of likely N-dealkylation sites (N-methyl/N-ethyl adjacent to an activating group) is 1. The Morgan fingerprint density at radius 3 is 2.38 bits per heavy atom. The molecule has 0 aromatic carbocycles. The number of nitrogens with two attached hydrogens (primary N) is 1. The molecule has 1 aromatic heterocycles. The molecule has 1 heterocycles. The van der Waals surface area contributed by atoms with Gasteiger partial charge in [0.05, 0.1) is 17.9 Å². The van der Waals surface area contributed by atoms with Crippen molar-refractivity contribution >= 4 is 17.5 Å². The summed E-state index contributed by atoms with van der Waals surface area (Å²) in [5.74, 6) is -0.454. The first kappa shape index (κ1) is 17.0. The fourth-order valence-corrected chi connectivity index (χ4v) is 1.89. The fourth-order valence-electron chi connectivity index (χ4n) is 1.89. The molecule has 0 aliphatic carbocycles. The maximum atomic E-state index is 12.3. The third-order valence-corrected chi connectivity index (χ3v) is 2.86. The first-order valence-electron chi connectivity index (χ1n) is 6.93. The number of nitrogens with zero attached hydrogens (tertiary/aromatic N) is 2. The van der Waals surface area contributed by atoms with Crippen LogP contribution in [0.3, 0.4) is 0 Å².